The van der Waals surface area contributed by atoms with E-state index >= 15 is 0 Å². The zero-order valence-electron chi connectivity index (χ0n) is 10.3. The molecule has 0 aromatic rings. The van der Waals surface area contributed by atoms with Crippen LogP contribution in [-0.2, 0) is 4.79 Å². The maximum atomic E-state index is 11.4. The summed E-state index contributed by atoms with van der Waals surface area (Å²) in [5.41, 5.74) is 0.0978. The number of aliphatic hydroxyl groups is 1. The lowest BCUT2D eigenvalue weighted by Crippen LogP contribution is -2.26. The van der Waals surface area contributed by atoms with Crippen molar-refractivity contribution in [2.45, 2.75) is 32.6 Å². The third kappa shape index (κ3) is 8.29. The Kier molecular flexibility index (Phi) is 9.97. The summed E-state index contributed by atoms with van der Waals surface area (Å²) in [6.07, 6.45) is 4.92. The van der Waals surface area contributed by atoms with Crippen LogP contribution in [0.4, 0.5) is 0 Å². The van der Waals surface area contributed by atoms with Crippen LogP contribution in [0.3, 0.4) is 0 Å². The van der Waals surface area contributed by atoms with Crippen LogP contribution < -0.4 is 10.6 Å². The second kappa shape index (κ2) is 11.0. The lowest BCUT2D eigenvalue weighted by molar-refractivity contribution is -0.117. The molecule has 1 amide bonds. The number of amides is 1. The molecule has 0 bridgehead atoms. The van der Waals surface area contributed by atoms with Crippen LogP contribution in [0.25, 0.3) is 0 Å². The third-order valence-corrected chi connectivity index (χ3v) is 2.13. The number of hydrogen-bond acceptors (Lipinski definition) is 4. The predicted molar refractivity (Wildman–Crippen MR) is 65.9 cm³/mol. The number of nitrogens with one attached hydrogen (secondary N) is 2. The molecule has 0 fully saturated rings. The number of unbranched alkanes of at least 4 members (excludes halogenated alkanes) is 2. The zero-order valence-corrected chi connectivity index (χ0v) is 10.3. The maximum absolute atomic E-state index is 11.4. The molecule has 0 aromatic heterocycles. The van der Waals surface area contributed by atoms with Crippen molar-refractivity contribution < 1.29 is 9.90 Å². The van der Waals surface area contributed by atoms with E-state index in [0.717, 1.165) is 25.7 Å². The topological polar surface area (TPSA) is 85.2 Å². The van der Waals surface area contributed by atoms with Gasteiger partial charge in [-0.05, 0) is 25.7 Å². The average molecular weight is 239 g/mol. The Morgan fingerprint density at radius 1 is 1.35 bits per heavy atom. The van der Waals surface area contributed by atoms with E-state index in [1.54, 1.807) is 0 Å². The molecule has 0 saturated heterocycles. The quantitative estimate of drug-likeness (QED) is 0.314. The van der Waals surface area contributed by atoms with Gasteiger partial charge in [0, 0.05) is 25.9 Å². The van der Waals surface area contributed by atoms with Gasteiger partial charge in [-0.2, -0.15) is 5.26 Å². The lowest BCUT2D eigenvalue weighted by atomic mass is 10.2. The van der Waals surface area contributed by atoms with Crippen molar-refractivity contribution in [3.8, 4) is 6.07 Å². The second-order valence-electron chi connectivity index (χ2n) is 3.66. The van der Waals surface area contributed by atoms with E-state index in [4.69, 9.17) is 10.4 Å². The van der Waals surface area contributed by atoms with Crippen LogP contribution in [0.15, 0.2) is 11.8 Å². The summed E-state index contributed by atoms with van der Waals surface area (Å²) in [5, 5.41) is 22.9. The number of carbonyl (C=O) groups excluding carboxylic acids is 1. The fraction of sp³-hybridized carbons (Fsp3) is 0.667. The Hall–Kier alpha value is -1.54. The first-order valence-electron chi connectivity index (χ1n) is 5.99. The van der Waals surface area contributed by atoms with Crippen molar-refractivity contribution >= 4 is 5.91 Å². The summed E-state index contributed by atoms with van der Waals surface area (Å²) in [7, 11) is 0. The predicted octanol–water partition coefficient (Wildman–Crippen LogP) is 0.672. The molecule has 0 heterocycles. The smallest absolute Gasteiger partial charge is 0.263 e. The Bertz CT molecular complexity index is 282. The second-order valence-corrected chi connectivity index (χ2v) is 3.66. The molecule has 0 atom stereocenters. The third-order valence-electron chi connectivity index (χ3n) is 2.13. The molecule has 3 N–H and O–H groups in total. The molecule has 0 unspecified atom stereocenters. The fourth-order valence-electron chi connectivity index (χ4n) is 1.17. The molecule has 0 aromatic carbocycles. The highest BCUT2D eigenvalue weighted by molar-refractivity contribution is 5.97. The normalized spacial score (nSPS) is 10.8. The van der Waals surface area contributed by atoms with Crippen molar-refractivity contribution in [1.82, 2.24) is 10.6 Å². The summed E-state index contributed by atoms with van der Waals surface area (Å²) >= 11 is 0. The molecule has 5 nitrogen and oxygen atoms in total. The minimum absolute atomic E-state index is 0.0978. The van der Waals surface area contributed by atoms with Gasteiger partial charge in [-0.3, -0.25) is 4.79 Å². The number of carbonyl (C=O) groups is 1. The minimum Gasteiger partial charge on any atom is -0.396 e. The number of hydrogen-bond donors (Lipinski definition) is 3. The summed E-state index contributed by atoms with van der Waals surface area (Å²) in [4.78, 5) is 11.4. The highest BCUT2D eigenvalue weighted by Crippen LogP contribution is 1.94. The van der Waals surface area contributed by atoms with E-state index in [9.17, 15) is 4.79 Å². The van der Waals surface area contributed by atoms with Gasteiger partial charge in [0.2, 0.25) is 0 Å². The van der Waals surface area contributed by atoms with E-state index in [2.05, 4.69) is 10.6 Å². The van der Waals surface area contributed by atoms with Crippen LogP contribution in [0.1, 0.15) is 32.6 Å². The number of nitriles is 1. The standard InChI is InChI=1S/C12H21N3O2/c1-2-6-15-12(17)11(9-13)10-14-7-4-3-5-8-16/h10,14,16H,2-8H2,1H3,(H,15,17)/b11-10-. The van der Waals surface area contributed by atoms with Crippen LogP contribution in [0.2, 0.25) is 0 Å². The van der Waals surface area contributed by atoms with Crippen LogP contribution in [-0.4, -0.2) is 30.7 Å². The first-order chi connectivity index (χ1) is 8.26. The minimum atomic E-state index is -0.336. The number of aliphatic hydroxyl groups excluding tert-OH is 1. The number of rotatable bonds is 9. The van der Waals surface area contributed by atoms with Gasteiger partial charge in [0.05, 0.1) is 0 Å². The molecular weight excluding hydrogens is 218 g/mol. The van der Waals surface area contributed by atoms with Gasteiger partial charge < -0.3 is 15.7 Å². The van der Waals surface area contributed by atoms with Crippen LogP contribution in [0, 0.1) is 11.3 Å². The Morgan fingerprint density at radius 2 is 2.12 bits per heavy atom. The molecule has 5 heteroatoms. The van der Waals surface area contributed by atoms with Crippen molar-refractivity contribution in [1.29, 1.82) is 5.26 Å². The molecule has 96 valence electrons. The van der Waals surface area contributed by atoms with Crippen LogP contribution in [0.5, 0.6) is 0 Å². The molecular formula is C12H21N3O2. The molecule has 17 heavy (non-hydrogen) atoms. The molecule has 0 aliphatic rings. The zero-order chi connectivity index (χ0) is 12.9. The summed E-state index contributed by atoms with van der Waals surface area (Å²) in [5.74, 6) is -0.336. The fourth-order valence-corrected chi connectivity index (χ4v) is 1.17. The molecule has 0 spiro atoms. The van der Waals surface area contributed by atoms with Gasteiger partial charge in [0.1, 0.15) is 11.6 Å². The maximum Gasteiger partial charge on any atom is 0.263 e. The Labute approximate surface area is 103 Å². The van der Waals surface area contributed by atoms with Gasteiger partial charge in [-0.1, -0.05) is 6.92 Å². The van der Waals surface area contributed by atoms with E-state index in [-0.39, 0.29) is 18.1 Å². The van der Waals surface area contributed by atoms with Crippen molar-refractivity contribution in [2.24, 2.45) is 0 Å². The van der Waals surface area contributed by atoms with Crippen molar-refractivity contribution in [3.05, 3.63) is 11.8 Å². The van der Waals surface area contributed by atoms with Crippen LogP contribution >= 0.6 is 0 Å². The van der Waals surface area contributed by atoms with E-state index in [0.29, 0.717) is 13.1 Å². The van der Waals surface area contributed by atoms with E-state index in [1.165, 1.54) is 6.20 Å². The summed E-state index contributed by atoms with van der Waals surface area (Å²) in [6.45, 7) is 3.44. The van der Waals surface area contributed by atoms with Gasteiger partial charge in [-0.15, -0.1) is 0 Å². The van der Waals surface area contributed by atoms with E-state index < -0.39 is 0 Å². The van der Waals surface area contributed by atoms with Gasteiger partial charge in [-0.25, -0.2) is 0 Å². The lowest BCUT2D eigenvalue weighted by Gasteiger charge is -2.03. The highest BCUT2D eigenvalue weighted by atomic mass is 16.2. The summed E-state index contributed by atoms with van der Waals surface area (Å²) < 4.78 is 0. The Morgan fingerprint density at radius 3 is 2.71 bits per heavy atom. The molecule has 0 radical (unpaired) electrons. The molecule has 0 aliphatic carbocycles. The first-order valence-corrected chi connectivity index (χ1v) is 5.99. The average Bonchev–Trinajstić information content (AvgIpc) is 2.35. The molecule has 0 saturated carbocycles. The highest BCUT2D eigenvalue weighted by Gasteiger charge is 2.06. The monoisotopic (exact) mass is 239 g/mol. The van der Waals surface area contributed by atoms with Crippen molar-refractivity contribution in [3.63, 3.8) is 0 Å². The van der Waals surface area contributed by atoms with Gasteiger partial charge in [0.25, 0.3) is 5.91 Å². The molecule has 0 rings (SSSR count). The Balaban J connectivity index is 3.85. The van der Waals surface area contributed by atoms with Crippen molar-refractivity contribution in [2.75, 3.05) is 19.7 Å². The summed E-state index contributed by atoms with van der Waals surface area (Å²) in [6, 6.07) is 1.86. The largest absolute Gasteiger partial charge is 0.396 e. The van der Waals surface area contributed by atoms with Gasteiger partial charge >= 0.3 is 0 Å². The van der Waals surface area contributed by atoms with E-state index in [1.807, 2.05) is 13.0 Å². The first kappa shape index (κ1) is 15.5. The van der Waals surface area contributed by atoms with Gasteiger partial charge in [0.15, 0.2) is 0 Å². The number of nitrogens with zero attached hydrogens (tertiary/aromatic N) is 1. The SMILES string of the molecule is CCCNC(=O)/C(C#N)=C\NCCCCCO. The molecule has 0 aliphatic heterocycles.